The van der Waals surface area contributed by atoms with Crippen LogP contribution in [0.4, 0.5) is 0 Å². The van der Waals surface area contributed by atoms with Gasteiger partial charge in [0.15, 0.2) is 0 Å². The molecule has 0 aliphatic rings. The first-order valence-corrected chi connectivity index (χ1v) is 4.91. The third kappa shape index (κ3) is 2.31. The minimum absolute atomic E-state index is 0.0127. The lowest BCUT2D eigenvalue weighted by atomic mass is 10.2. The van der Waals surface area contributed by atoms with Crippen LogP contribution in [0, 0.1) is 6.92 Å². The van der Waals surface area contributed by atoms with Gasteiger partial charge in [-0.2, -0.15) is 0 Å². The Morgan fingerprint density at radius 2 is 2.07 bits per heavy atom. The maximum Gasteiger partial charge on any atom is 0.272 e. The number of aromatic nitrogens is 1. The summed E-state index contributed by atoms with van der Waals surface area (Å²) in [5, 5.41) is 0. The Morgan fingerprint density at radius 3 is 2.57 bits per heavy atom. The average Bonchev–Trinajstić information content (AvgIpc) is 2.19. The zero-order chi connectivity index (χ0) is 10.6. The fourth-order valence-electron chi connectivity index (χ4n) is 1.33. The summed E-state index contributed by atoms with van der Waals surface area (Å²) in [5.41, 5.74) is 1.60. The Balaban J connectivity index is 2.88. The highest BCUT2D eigenvalue weighted by Gasteiger charge is 2.12. The number of carbonyl (C=O) groups is 1. The van der Waals surface area contributed by atoms with Crippen molar-refractivity contribution < 1.29 is 4.79 Å². The van der Waals surface area contributed by atoms with Crippen LogP contribution in [0.15, 0.2) is 18.3 Å². The van der Waals surface area contributed by atoms with Crippen molar-refractivity contribution in [3.63, 3.8) is 0 Å². The number of rotatable bonds is 3. The number of amides is 1. The van der Waals surface area contributed by atoms with Gasteiger partial charge < -0.3 is 4.90 Å². The smallest absolute Gasteiger partial charge is 0.272 e. The molecule has 0 N–H and O–H groups in total. The second-order valence-corrected chi connectivity index (χ2v) is 3.20. The molecule has 0 aliphatic carbocycles. The summed E-state index contributed by atoms with van der Waals surface area (Å²) < 4.78 is 0. The van der Waals surface area contributed by atoms with Gasteiger partial charge in [0.2, 0.25) is 0 Å². The van der Waals surface area contributed by atoms with Crippen LogP contribution in [0.1, 0.15) is 29.9 Å². The average molecular weight is 192 g/mol. The van der Waals surface area contributed by atoms with E-state index in [0.717, 1.165) is 18.7 Å². The molecule has 1 amide bonds. The molecule has 0 saturated heterocycles. The van der Waals surface area contributed by atoms with E-state index in [2.05, 4.69) is 4.98 Å². The van der Waals surface area contributed by atoms with Gasteiger partial charge in [0.25, 0.3) is 5.91 Å². The van der Waals surface area contributed by atoms with E-state index >= 15 is 0 Å². The van der Waals surface area contributed by atoms with E-state index in [-0.39, 0.29) is 5.91 Å². The maximum absolute atomic E-state index is 11.8. The first kappa shape index (κ1) is 10.7. The van der Waals surface area contributed by atoms with Gasteiger partial charge in [-0.05, 0) is 38.5 Å². The molecule has 0 bridgehead atoms. The van der Waals surface area contributed by atoms with E-state index in [1.54, 1.807) is 11.1 Å². The van der Waals surface area contributed by atoms with E-state index in [9.17, 15) is 4.79 Å². The minimum atomic E-state index is 0.0127. The molecule has 0 spiro atoms. The number of hydrogen-bond donors (Lipinski definition) is 0. The fourth-order valence-corrected chi connectivity index (χ4v) is 1.33. The van der Waals surface area contributed by atoms with Crippen molar-refractivity contribution in [3.05, 3.63) is 29.6 Å². The van der Waals surface area contributed by atoms with E-state index in [1.807, 2.05) is 32.9 Å². The predicted octanol–water partition coefficient (Wildman–Crippen LogP) is 1.87. The first-order chi connectivity index (χ1) is 6.69. The van der Waals surface area contributed by atoms with Crippen LogP contribution < -0.4 is 0 Å². The Morgan fingerprint density at radius 1 is 1.43 bits per heavy atom. The molecule has 0 aliphatic heterocycles. The monoisotopic (exact) mass is 192 g/mol. The molecule has 3 nitrogen and oxygen atoms in total. The molecule has 1 aromatic heterocycles. The lowest BCUT2D eigenvalue weighted by Gasteiger charge is -2.17. The van der Waals surface area contributed by atoms with Crippen LogP contribution in [-0.4, -0.2) is 28.9 Å². The molecule has 3 heteroatoms. The summed E-state index contributed by atoms with van der Waals surface area (Å²) in [6.45, 7) is 7.35. The van der Waals surface area contributed by atoms with Crippen LogP contribution >= 0.6 is 0 Å². The van der Waals surface area contributed by atoms with E-state index in [0.29, 0.717) is 5.69 Å². The van der Waals surface area contributed by atoms with Gasteiger partial charge in [-0.1, -0.05) is 0 Å². The summed E-state index contributed by atoms with van der Waals surface area (Å²) >= 11 is 0. The molecule has 0 aromatic carbocycles. The van der Waals surface area contributed by atoms with Crippen LogP contribution in [0.2, 0.25) is 0 Å². The highest BCUT2D eigenvalue weighted by molar-refractivity contribution is 5.92. The van der Waals surface area contributed by atoms with Crippen LogP contribution in [-0.2, 0) is 0 Å². The highest BCUT2D eigenvalue weighted by atomic mass is 16.2. The topological polar surface area (TPSA) is 33.2 Å². The quantitative estimate of drug-likeness (QED) is 0.732. The molecule has 1 rings (SSSR count). The van der Waals surface area contributed by atoms with Crippen molar-refractivity contribution in [2.45, 2.75) is 20.8 Å². The Hall–Kier alpha value is -1.38. The minimum Gasteiger partial charge on any atom is -0.338 e. The Bertz CT molecular complexity index is 319. The zero-order valence-electron chi connectivity index (χ0n) is 8.95. The molecular weight excluding hydrogens is 176 g/mol. The van der Waals surface area contributed by atoms with Crippen molar-refractivity contribution in [3.8, 4) is 0 Å². The molecule has 76 valence electrons. The third-order valence-electron chi connectivity index (χ3n) is 2.19. The number of aryl methyl sites for hydroxylation is 1. The van der Waals surface area contributed by atoms with Crippen molar-refractivity contribution >= 4 is 5.91 Å². The summed E-state index contributed by atoms with van der Waals surface area (Å²) in [6, 6.07) is 3.71. The zero-order valence-corrected chi connectivity index (χ0v) is 8.95. The largest absolute Gasteiger partial charge is 0.338 e. The first-order valence-electron chi connectivity index (χ1n) is 4.91. The fraction of sp³-hybridized carbons (Fsp3) is 0.455. The van der Waals surface area contributed by atoms with Gasteiger partial charge in [-0.25, -0.2) is 0 Å². The molecule has 0 fully saturated rings. The van der Waals surface area contributed by atoms with Gasteiger partial charge in [0.05, 0.1) is 0 Å². The normalized spacial score (nSPS) is 9.93. The van der Waals surface area contributed by atoms with Gasteiger partial charge in [0, 0.05) is 19.3 Å². The molecule has 1 heterocycles. The number of hydrogen-bond acceptors (Lipinski definition) is 2. The summed E-state index contributed by atoms with van der Waals surface area (Å²) in [4.78, 5) is 17.7. The summed E-state index contributed by atoms with van der Waals surface area (Å²) in [7, 11) is 0. The molecular formula is C11H16N2O. The number of carbonyl (C=O) groups excluding carboxylic acids is 1. The second kappa shape index (κ2) is 4.74. The van der Waals surface area contributed by atoms with E-state index < -0.39 is 0 Å². The summed E-state index contributed by atoms with van der Waals surface area (Å²) in [6.07, 6.45) is 1.67. The molecule has 0 saturated carbocycles. The lowest BCUT2D eigenvalue weighted by molar-refractivity contribution is 0.0767. The molecule has 0 radical (unpaired) electrons. The predicted molar refractivity (Wildman–Crippen MR) is 56.2 cm³/mol. The van der Waals surface area contributed by atoms with Gasteiger partial charge in [-0.15, -0.1) is 0 Å². The SMILES string of the molecule is CCN(CC)C(=O)c1cc(C)ccn1. The standard InChI is InChI=1S/C11H16N2O/c1-4-13(5-2)11(14)10-8-9(3)6-7-12-10/h6-8H,4-5H2,1-3H3. The number of pyridine rings is 1. The second-order valence-electron chi connectivity index (χ2n) is 3.20. The lowest BCUT2D eigenvalue weighted by Crippen LogP contribution is -2.31. The van der Waals surface area contributed by atoms with Crippen LogP contribution in [0.5, 0.6) is 0 Å². The molecule has 0 unspecified atom stereocenters. The van der Waals surface area contributed by atoms with E-state index in [1.165, 1.54) is 0 Å². The van der Waals surface area contributed by atoms with Gasteiger partial charge in [0.1, 0.15) is 5.69 Å². The molecule has 14 heavy (non-hydrogen) atoms. The van der Waals surface area contributed by atoms with Gasteiger partial charge >= 0.3 is 0 Å². The van der Waals surface area contributed by atoms with E-state index in [4.69, 9.17) is 0 Å². The Kier molecular flexibility index (Phi) is 3.63. The highest BCUT2D eigenvalue weighted by Crippen LogP contribution is 2.04. The molecule has 1 aromatic rings. The number of nitrogens with zero attached hydrogens (tertiary/aromatic N) is 2. The van der Waals surface area contributed by atoms with Crippen molar-refractivity contribution in [1.29, 1.82) is 0 Å². The van der Waals surface area contributed by atoms with Crippen molar-refractivity contribution in [1.82, 2.24) is 9.88 Å². The molecule has 0 atom stereocenters. The third-order valence-corrected chi connectivity index (χ3v) is 2.19. The maximum atomic E-state index is 11.8. The van der Waals surface area contributed by atoms with Crippen molar-refractivity contribution in [2.75, 3.05) is 13.1 Å². The Labute approximate surface area is 84.8 Å². The summed E-state index contributed by atoms with van der Waals surface area (Å²) in [5.74, 6) is 0.0127. The van der Waals surface area contributed by atoms with Crippen LogP contribution in [0.3, 0.4) is 0 Å². The van der Waals surface area contributed by atoms with Crippen LogP contribution in [0.25, 0.3) is 0 Å². The van der Waals surface area contributed by atoms with Crippen molar-refractivity contribution in [2.24, 2.45) is 0 Å². The van der Waals surface area contributed by atoms with Gasteiger partial charge in [-0.3, -0.25) is 9.78 Å².